The van der Waals surface area contributed by atoms with E-state index in [9.17, 15) is 0 Å². The maximum atomic E-state index is 2.62. The lowest BCUT2D eigenvalue weighted by atomic mass is 9.83. The van der Waals surface area contributed by atoms with Gasteiger partial charge in [0.05, 0.1) is 0 Å². The maximum absolute atomic E-state index is 2.62. The summed E-state index contributed by atoms with van der Waals surface area (Å²) in [4.78, 5) is 0. The number of aryl methyl sites for hydroxylation is 2. The lowest BCUT2D eigenvalue weighted by molar-refractivity contribution is 0.480. The molecule has 0 spiro atoms. The summed E-state index contributed by atoms with van der Waals surface area (Å²) in [5.41, 5.74) is 5.95. The number of nitrogens with zero attached hydrogens (tertiary/aromatic N) is 1. The van der Waals surface area contributed by atoms with Crippen molar-refractivity contribution in [1.29, 1.82) is 0 Å². The Balaban J connectivity index is 1.92. The van der Waals surface area contributed by atoms with Gasteiger partial charge >= 0.3 is 0 Å². The molecule has 0 N–H and O–H groups in total. The fourth-order valence-corrected chi connectivity index (χ4v) is 4.48. The lowest BCUT2D eigenvalue weighted by Crippen LogP contribution is -2.44. The van der Waals surface area contributed by atoms with Crippen LogP contribution in [0, 0.1) is 5.41 Å². The first-order valence-electron chi connectivity index (χ1n) is 10.0. The lowest BCUT2D eigenvalue weighted by Gasteiger charge is -2.23. The van der Waals surface area contributed by atoms with E-state index < -0.39 is 0 Å². The molecule has 2 aliphatic heterocycles. The average molecular weight is 345 g/mol. The van der Waals surface area contributed by atoms with Crippen LogP contribution in [0.5, 0.6) is 0 Å². The van der Waals surface area contributed by atoms with Crippen molar-refractivity contribution in [2.24, 2.45) is 5.41 Å². The van der Waals surface area contributed by atoms with Crippen molar-refractivity contribution in [2.75, 3.05) is 13.1 Å². The van der Waals surface area contributed by atoms with Crippen molar-refractivity contribution in [3.8, 4) is 0 Å². The SMILES string of the molecule is CC(C)(C)C(C=Cc1ccccc1)=c1cc2c3c(c1)CCC[N+]=3CCC2. The van der Waals surface area contributed by atoms with E-state index in [-0.39, 0.29) is 5.41 Å². The molecular formula is C25H30N+. The van der Waals surface area contributed by atoms with Crippen LogP contribution in [0.2, 0.25) is 0 Å². The second kappa shape index (κ2) is 6.87. The summed E-state index contributed by atoms with van der Waals surface area (Å²) < 4.78 is 2.62. The second-order valence-electron chi connectivity index (χ2n) is 8.74. The van der Waals surface area contributed by atoms with Crippen LogP contribution in [0.15, 0.2) is 48.5 Å². The third kappa shape index (κ3) is 3.40. The summed E-state index contributed by atoms with van der Waals surface area (Å²) in [6, 6.07) is 15.6. The van der Waals surface area contributed by atoms with E-state index in [0.717, 1.165) is 0 Å². The molecule has 2 heterocycles. The minimum absolute atomic E-state index is 0.120. The molecule has 0 bridgehead atoms. The van der Waals surface area contributed by atoms with Gasteiger partial charge in [0, 0.05) is 24.0 Å². The average Bonchev–Trinajstić information content (AvgIpc) is 2.62. The highest BCUT2D eigenvalue weighted by molar-refractivity contribution is 5.70. The molecule has 0 saturated carbocycles. The van der Waals surface area contributed by atoms with Crippen LogP contribution in [0.4, 0.5) is 0 Å². The first-order valence-corrected chi connectivity index (χ1v) is 10.0. The van der Waals surface area contributed by atoms with Crippen LogP contribution in [-0.2, 0) is 12.8 Å². The Kier molecular flexibility index (Phi) is 4.56. The summed E-state index contributed by atoms with van der Waals surface area (Å²) >= 11 is 0. The number of hydrogen-bond donors (Lipinski definition) is 0. The molecule has 0 unspecified atom stereocenters. The third-order valence-corrected chi connectivity index (χ3v) is 5.69. The molecule has 1 heteroatoms. The maximum Gasteiger partial charge on any atom is 0.206 e. The Morgan fingerprint density at radius 2 is 1.54 bits per heavy atom. The van der Waals surface area contributed by atoms with E-state index in [0.29, 0.717) is 0 Å². The van der Waals surface area contributed by atoms with Gasteiger partial charge in [-0.25, -0.2) is 4.58 Å². The molecule has 0 aliphatic carbocycles. The standard InChI is InChI=1S/C25H30N/c1-25(2,3)23(14-13-19-9-5-4-6-10-19)22-17-20-11-7-15-26-16-8-12-21(18-22)24(20)26/h4-6,9-10,13-14,17-18H,7-8,11-12,15-16H2,1-3H3/q+1. The molecule has 0 fully saturated rings. The Hall–Kier alpha value is -2.15. The van der Waals surface area contributed by atoms with Crippen LogP contribution >= 0.6 is 0 Å². The number of benzene rings is 2. The molecular weight excluding hydrogens is 314 g/mol. The largest absolute Gasteiger partial charge is 0.229 e. The molecule has 0 aromatic heterocycles. The third-order valence-electron chi connectivity index (χ3n) is 5.69. The molecule has 2 aromatic carbocycles. The Morgan fingerprint density at radius 3 is 2.12 bits per heavy atom. The Bertz CT molecular complexity index is 916. The zero-order valence-corrected chi connectivity index (χ0v) is 16.4. The number of allylic oxidation sites excluding steroid dienone is 1. The quantitative estimate of drug-likeness (QED) is 0.725. The fraction of sp³-hybridized carbons (Fsp3) is 0.400. The molecule has 26 heavy (non-hydrogen) atoms. The number of hydrogen-bond acceptors (Lipinski definition) is 0. The van der Waals surface area contributed by atoms with Gasteiger partial charge in [0.1, 0.15) is 13.1 Å². The molecule has 2 aromatic rings. The van der Waals surface area contributed by atoms with Crippen LogP contribution in [0.1, 0.15) is 50.3 Å². The van der Waals surface area contributed by atoms with Gasteiger partial charge < -0.3 is 0 Å². The van der Waals surface area contributed by atoms with Crippen LogP contribution in [0.25, 0.3) is 11.6 Å². The van der Waals surface area contributed by atoms with Crippen molar-refractivity contribution in [1.82, 2.24) is 4.58 Å². The van der Waals surface area contributed by atoms with E-state index >= 15 is 0 Å². The van der Waals surface area contributed by atoms with Crippen LogP contribution < -0.4 is 15.2 Å². The normalized spacial score (nSPS) is 16.7. The molecule has 0 amide bonds. The second-order valence-corrected chi connectivity index (χ2v) is 8.74. The summed E-state index contributed by atoms with van der Waals surface area (Å²) in [5.74, 6) is 0. The minimum atomic E-state index is 0.120. The first kappa shape index (κ1) is 17.3. The van der Waals surface area contributed by atoms with Gasteiger partial charge in [-0.1, -0.05) is 63.3 Å². The molecule has 2 aliphatic rings. The van der Waals surface area contributed by atoms with Gasteiger partial charge in [-0.05, 0) is 46.7 Å². The molecule has 1 nitrogen and oxygen atoms in total. The molecule has 0 radical (unpaired) electrons. The van der Waals surface area contributed by atoms with Gasteiger partial charge in [-0.2, -0.15) is 0 Å². The summed E-state index contributed by atoms with van der Waals surface area (Å²) in [6.07, 6.45) is 9.64. The van der Waals surface area contributed by atoms with Gasteiger partial charge in [-0.15, -0.1) is 0 Å². The van der Waals surface area contributed by atoms with Gasteiger partial charge in [-0.3, -0.25) is 0 Å². The smallest absolute Gasteiger partial charge is 0.206 e. The first-order chi connectivity index (χ1) is 12.5. The molecule has 4 rings (SSSR count). The Labute approximate surface area is 157 Å². The molecule has 134 valence electrons. The predicted octanol–water partition coefficient (Wildman–Crippen LogP) is 3.98. The van der Waals surface area contributed by atoms with E-state index in [2.05, 4.69) is 80.0 Å². The van der Waals surface area contributed by atoms with E-state index in [4.69, 9.17) is 0 Å². The fourth-order valence-electron chi connectivity index (χ4n) is 4.48. The van der Waals surface area contributed by atoms with Gasteiger partial charge in [0.15, 0.2) is 0 Å². The van der Waals surface area contributed by atoms with E-state index in [1.165, 1.54) is 55.1 Å². The topological polar surface area (TPSA) is 3.01 Å². The van der Waals surface area contributed by atoms with Crippen molar-refractivity contribution < 1.29 is 0 Å². The highest BCUT2D eigenvalue weighted by atomic mass is 15.0. The summed E-state index contributed by atoms with van der Waals surface area (Å²) in [5, 5.41) is 2.98. The van der Waals surface area contributed by atoms with Crippen molar-refractivity contribution in [3.05, 3.63) is 75.8 Å². The highest BCUT2D eigenvalue weighted by Crippen LogP contribution is 2.27. The van der Waals surface area contributed by atoms with Crippen molar-refractivity contribution in [3.63, 3.8) is 0 Å². The van der Waals surface area contributed by atoms with Crippen LogP contribution in [0.3, 0.4) is 0 Å². The van der Waals surface area contributed by atoms with Crippen LogP contribution in [-0.4, -0.2) is 13.1 Å². The monoisotopic (exact) mass is 344 g/mol. The zero-order valence-electron chi connectivity index (χ0n) is 16.4. The minimum Gasteiger partial charge on any atom is -0.229 e. The van der Waals surface area contributed by atoms with E-state index in [1.807, 2.05) is 0 Å². The van der Waals surface area contributed by atoms with Crippen molar-refractivity contribution in [2.45, 2.75) is 46.5 Å². The highest BCUT2D eigenvalue weighted by Gasteiger charge is 2.24. The molecule has 0 atom stereocenters. The van der Waals surface area contributed by atoms with E-state index in [1.54, 1.807) is 16.5 Å². The summed E-state index contributed by atoms with van der Waals surface area (Å²) in [6.45, 7) is 9.46. The summed E-state index contributed by atoms with van der Waals surface area (Å²) in [7, 11) is 0. The number of rotatable bonds is 2. The predicted molar refractivity (Wildman–Crippen MR) is 112 cm³/mol. The van der Waals surface area contributed by atoms with Crippen molar-refractivity contribution >= 4 is 11.6 Å². The molecule has 0 saturated heterocycles. The Morgan fingerprint density at radius 1 is 0.923 bits per heavy atom. The van der Waals surface area contributed by atoms with Gasteiger partial charge in [0.2, 0.25) is 5.36 Å². The van der Waals surface area contributed by atoms with Gasteiger partial charge in [0.25, 0.3) is 0 Å². The zero-order chi connectivity index (χ0) is 18.1.